The van der Waals surface area contributed by atoms with E-state index in [0.29, 0.717) is 12.6 Å². The standard InChI is InChI=1S/C15H24N2O/c1-3-18-15-14(8-5-11-16-15)17-13-7-4-6-12(2)9-10-13/h5,8,11-13,17H,3-4,6-7,9-10H2,1-2H3. The van der Waals surface area contributed by atoms with Crippen molar-refractivity contribution in [3.8, 4) is 5.88 Å². The number of hydrogen-bond donors (Lipinski definition) is 1. The summed E-state index contributed by atoms with van der Waals surface area (Å²) in [5, 5.41) is 3.61. The van der Waals surface area contributed by atoms with E-state index >= 15 is 0 Å². The van der Waals surface area contributed by atoms with Crippen LogP contribution in [0.1, 0.15) is 46.0 Å². The maximum Gasteiger partial charge on any atom is 0.237 e. The highest BCUT2D eigenvalue weighted by Crippen LogP contribution is 2.28. The molecule has 0 radical (unpaired) electrons. The number of rotatable bonds is 4. The van der Waals surface area contributed by atoms with E-state index in [1.165, 1.54) is 32.1 Å². The van der Waals surface area contributed by atoms with Gasteiger partial charge in [0, 0.05) is 12.2 Å². The number of aromatic nitrogens is 1. The van der Waals surface area contributed by atoms with Crippen molar-refractivity contribution in [2.75, 3.05) is 11.9 Å². The quantitative estimate of drug-likeness (QED) is 0.821. The van der Waals surface area contributed by atoms with E-state index in [4.69, 9.17) is 4.74 Å². The molecule has 1 N–H and O–H groups in total. The highest BCUT2D eigenvalue weighted by atomic mass is 16.5. The lowest BCUT2D eigenvalue weighted by Crippen LogP contribution is -2.19. The molecule has 0 bridgehead atoms. The molecule has 2 unspecified atom stereocenters. The van der Waals surface area contributed by atoms with Gasteiger partial charge >= 0.3 is 0 Å². The molecule has 2 rings (SSSR count). The van der Waals surface area contributed by atoms with E-state index in [-0.39, 0.29) is 0 Å². The summed E-state index contributed by atoms with van der Waals surface area (Å²) in [4.78, 5) is 4.29. The largest absolute Gasteiger partial charge is 0.476 e. The Kier molecular flexibility index (Phi) is 4.85. The summed E-state index contributed by atoms with van der Waals surface area (Å²) in [6, 6.07) is 4.59. The Morgan fingerprint density at radius 2 is 2.22 bits per heavy atom. The molecule has 1 aliphatic rings. The molecule has 100 valence electrons. The minimum absolute atomic E-state index is 0.568. The van der Waals surface area contributed by atoms with Gasteiger partial charge in [0.2, 0.25) is 5.88 Å². The van der Waals surface area contributed by atoms with Gasteiger partial charge in [0.05, 0.1) is 12.3 Å². The van der Waals surface area contributed by atoms with Crippen LogP contribution in [0, 0.1) is 5.92 Å². The lowest BCUT2D eigenvalue weighted by molar-refractivity contribution is 0.328. The average molecular weight is 248 g/mol. The highest BCUT2D eigenvalue weighted by molar-refractivity contribution is 5.52. The number of ether oxygens (including phenoxy) is 1. The van der Waals surface area contributed by atoms with Gasteiger partial charge in [-0.2, -0.15) is 0 Å². The van der Waals surface area contributed by atoms with Crippen LogP contribution in [0.4, 0.5) is 5.69 Å². The number of nitrogens with one attached hydrogen (secondary N) is 1. The summed E-state index contributed by atoms with van der Waals surface area (Å²) in [6.45, 7) is 5.01. The summed E-state index contributed by atoms with van der Waals surface area (Å²) in [5.41, 5.74) is 1.04. The van der Waals surface area contributed by atoms with E-state index in [0.717, 1.165) is 17.5 Å². The van der Waals surface area contributed by atoms with Crippen molar-refractivity contribution < 1.29 is 4.74 Å². The monoisotopic (exact) mass is 248 g/mol. The third-order valence-corrected chi connectivity index (χ3v) is 3.67. The Morgan fingerprint density at radius 1 is 1.33 bits per heavy atom. The smallest absolute Gasteiger partial charge is 0.237 e. The van der Waals surface area contributed by atoms with E-state index in [1.807, 2.05) is 13.0 Å². The molecule has 3 nitrogen and oxygen atoms in total. The fourth-order valence-corrected chi connectivity index (χ4v) is 2.60. The predicted molar refractivity (Wildman–Crippen MR) is 75.1 cm³/mol. The molecule has 1 heterocycles. The first-order valence-corrected chi connectivity index (χ1v) is 7.14. The van der Waals surface area contributed by atoms with Gasteiger partial charge in [-0.15, -0.1) is 0 Å². The van der Waals surface area contributed by atoms with Crippen LogP contribution in [-0.2, 0) is 0 Å². The molecule has 1 aromatic heterocycles. The second-order valence-electron chi connectivity index (χ2n) is 5.24. The van der Waals surface area contributed by atoms with Gasteiger partial charge in [-0.3, -0.25) is 0 Å². The Hall–Kier alpha value is -1.25. The molecule has 1 aromatic rings. The summed E-state index contributed by atoms with van der Waals surface area (Å²) < 4.78 is 5.56. The van der Waals surface area contributed by atoms with Gasteiger partial charge in [-0.25, -0.2) is 4.98 Å². The topological polar surface area (TPSA) is 34.1 Å². The molecule has 1 aliphatic carbocycles. The fourth-order valence-electron chi connectivity index (χ4n) is 2.60. The molecule has 0 spiro atoms. The minimum Gasteiger partial charge on any atom is -0.476 e. The molecular formula is C15H24N2O. The normalized spacial score (nSPS) is 24.3. The molecule has 0 aromatic carbocycles. The van der Waals surface area contributed by atoms with Crippen molar-refractivity contribution in [3.63, 3.8) is 0 Å². The van der Waals surface area contributed by atoms with Crippen LogP contribution < -0.4 is 10.1 Å². The van der Waals surface area contributed by atoms with Gasteiger partial charge in [0.1, 0.15) is 0 Å². The summed E-state index contributed by atoms with van der Waals surface area (Å²) >= 11 is 0. The van der Waals surface area contributed by atoms with E-state index in [2.05, 4.69) is 23.3 Å². The number of anilines is 1. The zero-order valence-electron chi connectivity index (χ0n) is 11.5. The molecule has 0 saturated heterocycles. The van der Waals surface area contributed by atoms with Crippen molar-refractivity contribution in [1.82, 2.24) is 4.98 Å². The third-order valence-electron chi connectivity index (χ3n) is 3.67. The van der Waals surface area contributed by atoms with Crippen LogP contribution in [0.3, 0.4) is 0 Å². The maximum absolute atomic E-state index is 5.56. The molecule has 1 fully saturated rings. The highest BCUT2D eigenvalue weighted by Gasteiger charge is 2.17. The Balaban J connectivity index is 1.99. The zero-order valence-corrected chi connectivity index (χ0v) is 11.5. The zero-order chi connectivity index (χ0) is 12.8. The van der Waals surface area contributed by atoms with Gasteiger partial charge in [-0.1, -0.05) is 19.8 Å². The second-order valence-corrected chi connectivity index (χ2v) is 5.24. The fraction of sp³-hybridized carbons (Fsp3) is 0.667. The van der Waals surface area contributed by atoms with Crippen LogP contribution in [-0.4, -0.2) is 17.6 Å². The van der Waals surface area contributed by atoms with E-state index in [9.17, 15) is 0 Å². The summed E-state index contributed by atoms with van der Waals surface area (Å²) in [7, 11) is 0. The van der Waals surface area contributed by atoms with Crippen LogP contribution in [0.15, 0.2) is 18.3 Å². The predicted octanol–water partition coefficient (Wildman–Crippen LogP) is 3.86. The molecule has 0 aliphatic heterocycles. The van der Waals surface area contributed by atoms with Crippen molar-refractivity contribution in [2.45, 2.75) is 52.0 Å². The van der Waals surface area contributed by atoms with Gasteiger partial charge < -0.3 is 10.1 Å². The van der Waals surface area contributed by atoms with E-state index in [1.54, 1.807) is 6.20 Å². The number of hydrogen-bond acceptors (Lipinski definition) is 3. The van der Waals surface area contributed by atoms with E-state index < -0.39 is 0 Å². The first kappa shape index (κ1) is 13.2. The summed E-state index contributed by atoms with van der Waals surface area (Å²) in [5.74, 6) is 1.61. The first-order valence-electron chi connectivity index (χ1n) is 7.14. The Morgan fingerprint density at radius 3 is 3.06 bits per heavy atom. The molecular weight excluding hydrogens is 224 g/mol. The van der Waals surface area contributed by atoms with Gasteiger partial charge in [0.25, 0.3) is 0 Å². The van der Waals surface area contributed by atoms with Gasteiger partial charge in [0.15, 0.2) is 0 Å². The van der Waals surface area contributed by atoms with Crippen molar-refractivity contribution >= 4 is 5.69 Å². The molecule has 3 heteroatoms. The summed E-state index contributed by atoms with van der Waals surface area (Å²) in [6.07, 6.45) is 8.30. The van der Waals surface area contributed by atoms with Crippen LogP contribution in [0.5, 0.6) is 5.88 Å². The Bertz CT molecular complexity index is 367. The minimum atomic E-state index is 0.568. The van der Waals surface area contributed by atoms with Crippen molar-refractivity contribution in [3.05, 3.63) is 18.3 Å². The second kappa shape index (κ2) is 6.62. The lowest BCUT2D eigenvalue weighted by Gasteiger charge is -2.19. The molecule has 0 amide bonds. The first-order chi connectivity index (χ1) is 8.79. The van der Waals surface area contributed by atoms with Crippen molar-refractivity contribution in [1.29, 1.82) is 0 Å². The van der Waals surface area contributed by atoms with Crippen molar-refractivity contribution in [2.24, 2.45) is 5.92 Å². The number of pyridine rings is 1. The Labute approximate surface area is 110 Å². The number of nitrogens with zero attached hydrogens (tertiary/aromatic N) is 1. The van der Waals surface area contributed by atoms with Gasteiger partial charge in [-0.05, 0) is 44.2 Å². The van der Waals surface area contributed by atoms with Crippen LogP contribution in [0.2, 0.25) is 0 Å². The molecule has 18 heavy (non-hydrogen) atoms. The SMILES string of the molecule is CCOc1ncccc1NC1CCCC(C)CC1. The average Bonchev–Trinajstić information content (AvgIpc) is 2.57. The molecule has 2 atom stereocenters. The third kappa shape index (κ3) is 3.62. The maximum atomic E-state index is 5.56. The van der Waals surface area contributed by atoms with Crippen LogP contribution >= 0.6 is 0 Å². The van der Waals surface area contributed by atoms with Crippen LogP contribution in [0.25, 0.3) is 0 Å². The molecule has 1 saturated carbocycles. The lowest BCUT2D eigenvalue weighted by atomic mass is 10.0.